The molecule has 126 valence electrons. The van der Waals surface area contributed by atoms with E-state index in [1.165, 1.54) is 6.20 Å². The number of nitrogens with one attached hydrogen (secondary N) is 1. The van der Waals surface area contributed by atoms with E-state index < -0.39 is 18.5 Å². The van der Waals surface area contributed by atoms with E-state index in [2.05, 4.69) is 15.3 Å². The maximum Gasteiger partial charge on any atom is 0.338 e. The van der Waals surface area contributed by atoms with E-state index in [1.807, 2.05) is 0 Å². The van der Waals surface area contributed by atoms with E-state index in [-0.39, 0.29) is 11.3 Å². The number of nitrogens with zero attached hydrogens (tertiary/aromatic N) is 2. The molecule has 8 heteroatoms. The van der Waals surface area contributed by atoms with E-state index in [9.17, 15) is 9.59 Å². The average molecular weight is 376 g/mol. The van der Waals surface area contributed by atoms with Crippen LogP contribution in [0.4, 0.5) is 5.69 Å². The number of rotatable bonds is 4. The molecule has 0 aliphatic carbocycles. The van der Waals surface area contributed by atoms with Crippen molar-refractivity contribution in [3.8, 4) is 0 Å². The lowest BCUT2D eigenvalue weighted by Gasteiger charge is -2.09. The van der Waals surface area contributed by atoms with Gasteiger partial charge in [0.25, 0.3) is 5.91 Å². The molecule has 0 saturated carbocycles. The van der Waals surface area contributed by atoms with Crippen molar-refractivity contribution in [2.75, 3.05) is 11.9 Å². The molecule has 1 amide bonds. The second-order valence-electron chi connectivity index (χ2n) is 4.98. The molecule has 1 aromatic heterocycles. The molecule has 0 fully saturated rings. The molecule has 0 unspecified atom stereocenters. The number of amides is 1. The molecule has 0 bridgehead atoms. The van der Waals surface area contributed by atoms with Crippen LogP contribution in [0.25, 0.3) is 11.0 Å². The second-order valence-corrected chi connectivity index (χ2v) is 5.80. The van der Waals surface area contributed by atoms with Crippen molar-refractivity contribution in [3.63, 3.8) is 0 Å². The highest BCUT2D eigenvalue weighted by Gasteiger charge is 2.14. The number of esters is 1. The monoisotopic (exact) mass is 375 g/mol. The minimum Gasteiger partial charge on any atom is -0.452 e. The van der Waals surface area contributed by atoms with Gasteiger partial charge in [0, 0.05) is 12.4 Å². The lowest BCUT2D eigenvalue weighted by Crippen LogP contribution is -2.21. The molecule has 0 saturated heterocycles. The zero-order valence-corrected chi connectivity index (χ0v) is 14.2. The largest absolute Gasteiger partial charge is 0.452 e. The van der Waals surface area contributed by atoms with Crippen LogP contribution in [-0.4, -0.2) is 28.5 Å². The number of anilines is 1. The maximum atomic E-state index is 12.1. The SMILES string of the molecule is O=C(COC(=O)c1ccc2nccnc2c1)Nc1c(Cl)cccc1Cl. The molecule has 25 heavy (non-hydrogen) atoms. The second kappa shape index (κ2) is 7.46. The highest BCUT2D eigenvalue weighted by molar-refractivity contribution is 6.39. The first kappa shape index (κ1) is 17.1. The van der Waals surface area contributed by atoms with E-state index in [4.69, 9.17) is 27.9 Å². The Labute approximate surface area is 152 Å². The number of para-hydroxylation sites is 1. The Morgan fingerprint density at radius 1 is 1.00 bits per heavy atom. The zero-order valence-electron chi connectivity index (χ0n) is 12.7. The first-order valence-electron chi connectivity index (χ1n) is 7.16. The van der Waals surface area contributed by atoms with Gasteiger partial charge in [-0.3, -0.25) is 14.8 Å². The van der Waals surface area contributed by atoms with Crippen LogP contribution in [0.3, 0.4) is 0 Å². The van der Waals surface area contributed by atoms with Gasteiger partial charge in [0.05, 0.1) is 32.3 Å². The Balaban J connectivity index is 1.64. The number of benzene rings is 2. The summed E-state index contributed by atoms with van der Waals surface area (Å²) in [5, 5.41) is 3.10. The molecule has 0 spiro atoms. The van der Waals surface area contributed by atoms with Crippen molar-refractivity contribution in [1.29, 1.82) is 0 Å². The Morgan fingerprint density at radius 3 is 2.40 bits per heavy atom. The van der Waals surface area contributed by atoms with Crippen molar-refractivity contribution in [1.82, 2.24) is 9.97 Å². The normalized spacial score (nSPS) is 10.5. The van der Waals surface area contributed by atoms with Gasteiger partial charge in [-0.2, -0.15) is 0 Å². The molecule has 0 aliphatic rings. The topological polar surface area (TPSA) is 81.2 Å². The molecule has 1 N–H and O–H groups in total. The van der Waals surface area contributed by atoms with Crippen LogP contribution in [0.5, 0.6) is 0 Å². The van der Waals surface area contributed by atoms with Crippen molar-refractivity contribution in [3.05, 3.63) is 64.4 Å². The standard InChI is InChI=1S/C17H11Cl2N3O3/c18-11-2-1-3-12(19)16(11)22-15(23)9-25-17(24)10-4-5-13-14(8-10)21-7-6-20-13/h1-8H,9H2,(H,22,23). The van der Waals surface area contributed by atoms with Crippen LogP contribution in [0, 0.1) is 0 Å². The third kappa shape index (κ3) is 4.04. The summed E-state index contributed by atoms with van der Waals surface area (Å²) in [6.07, 6.45) is 3.09. The number of carbonyl (C=O) groups is 2. The third-order valence-electron chi connectivity index (χ3n) is 3.27. The van der Waals surface area contributed by atoms with Crippen LogP contribution < -0.4 is 5.32 Å². The Kier molecular flexibility index (Phi) is 5.11. The lowest BCUT2D eigenvalue weighted by molar-refractivity contribution is -0.119. The van der Waals surface area contributed by atoms with Gasteiger partial charge in [-0.05, 0) is 30.3 Å². The lowest BCUT2D eigenvalue weighted by atomic mass is 10.2. The summed E-state index contributed by atoms with van der Waals surface area (Å²) >= 11 is 11.9. The van der Waals surface area contributed by atoms with E-state index in [0.29, 0.717) is 21.1 Å². The summed E-state index contributed by atoms with van der Waals surface area (Å²) < 4.78 is 5.01. The molecule has 0 atom stereocenters. The summed E-state index contributed by atoms with van der Waals surface area (Å²) in [7, 11) is 0. The highest BCUT2D eigenvalue weighted by atomic mass is 35.5. The number of carbonyl (C=O) groups excluding carboxylic acids is 2. The Hall–Kier alpha value is -2.70. The molecule has 6 nitrogen and oxygen atoms in total. The molecule has 2 aromatic carbocycles. The number of fused-ring (bicyclic) bond motifs is 1. The number of ether oxygens (including phenoxy) is 1. The smallest absolute Gasteiger partial charge is 0.338 e. The Bertz CT molecular complexity index is 943. The van der Waals surface area contributed by atoms with Crippen LogP contribution >= 0.6 is 23.2 Å². The van der Waals surface area contributed by atoms with Crippen molar-refractivity contribution >= 4 is 51.8 Å². The van der Waals surface area contributed by atoms with Crippen molar-refractivity contribution < 1.29 is 14.3 Å². The molecular weight excluding hydrogens is 365 g/mol. The molecule has 3 rings (SSSR count). The van der Waals surface area contributed by atoms with Gasteiger partial charge in [0.1, 0.15) is 0 Å². The summed E-state index contributed by atoms with van der Waals surface area (Å²) in [6.45, 7) is -0.473. The minimum atomic E-state index is -0.645. The van der Waals surface area contributed by atoms with Gasteiger partial charge in [-0.1, -0.05) is 29.3 Å². The van der Waals surface area contributed by atoms with Crippen LogP contribution in [-0.2, 0) is 9.53 Å². The fourth-order valence-electron chi connectivity index (χ4n) is 2.10. The summed E-state index contributed by atoms with van der Waals surface area (Å²) in [4.78, 5) is 32.2. The van der Waals surface area contributed by atoms with Gasteiger partial charge in [0.15, 0.2) is 6.61 Å². The molecular formula is C17H11Cl2N3O3. The quantitative estimate of drug-likeness (QED) is 0.702. The Morgan fingerprint density at radius 2 is 1.68 bits per heavy atom. The fraction of sp³-hybridized carbons (Fsp3) is 0.0588. The number of halogens is 2. The van der Waals surface area contributed by atoms with Crippen molar-refractivity contribution in [2.24, 2.45) is 0 Å². The highest BCUT2D eigenvalue weighted by Crippen LogP contribution is 2.29. The first-order chi connectivity index (χ1) is 12.0. The number of hydrogen-bond acceptors (Lipinski definition) is 5. The predicted octanol–water partition coefficient (Wildman–Crippen LogP) is 3.73. The van der Waals surface area contributed by atoms with E-state index >= 15 is 0 Å². The van der Waals surface area contributed by atoms with Gasteiger partial charge >= 0.3 is 5.97 Å². The van der Waals surface area contributed by atoms with Gasteiger partial charge in [-0.15, -0.1) is 0 Å². The summed E-state index contributed by atoms with van der Waals surface area (Å²) in [5.41, 5.74) is 1.76. The van der Waals surface area contributed by atoms with Gasteiger partial charge in [-0.25, -0.2) is 4.79 Å². The van der Waals surface area contributed by atoms with Crippen LogP contribution in [0.2, 0.25) is 10.0 Å². The van der Waals surface area contributed by atoms with Crippen LogP contribution in [0.1, 0.15) is 10.4 Å². The molecule has 3 aromatic rings. The molecule has 1 heterocycles. The zero-order chi connectivity index (χ0) is 17.8. The minimum absolute atomic E-state index is 0.271. The average Bonchev–Trinajstić information content (AvgIpc) is 2.62. The predicted molar refractivity (Wildman–Crippen MR) is 94.9 cm³/mol. The van der Waals surface area contributed by atoms with Gasteiger partial charge < -0.3 is 10.1 Å². The van der Waals surface area contributed by atoms with Crippen molar-refractivity contribution in [2.45, 2.75) is 0 Å². The fourth-order valence-corrected chi connectivity index (χ4v) is 2.59. The maximum absolute atomic E-state index is 12.1. The van der Waals surface area contributed by atoms with Gasteiger partial charge in [0.2, 0.25) is 0 Å². The number of aromatic nitrogens is 2. The molecule has 0 radical (unpaired) electrons. The first-order valence-corrected chi connectivity index (χ1v) is 7.92. The number of hydrogen-bond donors (Lipinski definition) is 1. The summed E-state index contributed by atoms with van der Waals surface area (Å²) in [5.74, 6) is -1.20. The van der Waals surface area contributed by atoms with E-state index in [0.717, 1.165) is 0 Å². The van der Waals surface area contributed by atoms with E-state index in [1.54, 1.807) is 42.6 Å². The third-order valence-corrected chi connectivity index (χ3v) is 3.90. The van der Waals surface area contributed by atoms with Crippen LogP contribution in [0.15, 0.2) is 48.8 Å². The molecule has 0 aliphatic heterocycles. The summed E-state index contributed by atoms with van der Waals surface area (Å²) in [6, 6.07) is 9.59.